The van der Waals surface area contributed by atoms with Crippen LogP contribution in [0.1, 0.15) is 21.7 Å². The Bertz CT molecular complexity index is 946. The van der Waals surface area contributed by atoms with Gasteiger partial charge in [-0.15, -0.1) is 0 Å². The molecule has 0 fully saturated rings. The van der Waals surface area contributed by atoms with Gasteiger partial charge in [-0.1, -0.05) is 11.6 Å². The van der Waals surface area contributed by atoms with Crippen LogP contribution in [0.25, 0.3) is 11.1 Å². The van der Waals surface area contributed by atoms with E-state index in [0.717, 1.165) is 28.1 Å². The molecule has 5 nitrogen and oxygen atoms in total. The highest BCUT2D eigenvalue weighted by molar-refractivity contribution is 7.08. The highest BCUT2D eigenvalue weighted by Crippen LogP contribution is 2.39. The van der Waals surface area contributed by atoms with Crippen molar-refractivity contribution in [1.82, 2.24) is 15.1 Å². The molecule has 0 aliphatic carbocycles. The fourth-order valence-corrected chi connectivity index (χ4v) is 4.01. The lowest BCUT2D eigenvalue weighted by Gasteiger charge is -2.11. The summed E-state index contributed by atoms with van der Waals surface area (Å²) in [6.07, 6.45) is 0.586. The summed E-state index contributed by atoms with van der Waals surface area (Å²) in [6.45, 7) is 2.32. The van der Waals surface area contributed by atoms with Crippen molar-refractivity contribution in [2.24, 2.45) is 7.05 Å². The van der Waals surface area contributed by atoms with Crippen LogP contribution in [0.3, 0.4) is 0 Å². The number of nitrogens with one attached hydrogen (secondary N) is 1. The number of fused-ring (bicyclic) bond motifs is 1. The average Bonchev–Trinajstić information content (AvgIpc) is 3.33. The number of ether oxygens (including phenoxy) is 1. The molecular weight excluding hydrogens is 370 g/mol. The topological polar surface area (TPSA) is 56.1 Å². The lowest BCUT2D eigenvalue weighted by molar-refractivity contribution is 0.0928. The quantitative estimate of drug-likeness (QED) is 0.739. The van der Waals surface area contributed by atoms with E-state index in [9.17, 15) is 4.79 Å². The zero-order valence-corrected chi connectivity index (χ0v) is 16.0. The Morgan fingerprint density at radius 3 is 2.96 bits per heavy atom. The maximum atomic E-state index is 12.2. The molecule has 2 aromatic heterocycles. The largest absolute Gasteiger partial charge is 0.486 e. The molecule has 4 rings (SSSR count). The highest BCUT2D eigenvalue weighted by Gasteiger charge is 2.27. The molecule has 1 aromatic carbocycles. The van der Waals surface area contributed by atoms with Gasteiger partial charge in [-0.05, 0) is 53.1 Å². The molecule has 1 amide bonds. The first kappa shape index (κ1) is 17.1. The molecule has 26 heavy (non-hydrogen) atoms. The van der Waals surface area contributed by atoms with Gasteiger partial charge in [0, 0.05) is 24.7 Å². The fourth-order valence-electron chi connectivity index (χ4n) is 3.07. The molecule has 0 bridgehead atoms. The van der Waals surface area contributed by atoms with Gasteiger partial charge in [0.2, 0.25) is 0 Å². The van der Waals surface area contributed by atoms with Gasteiger partial charge in [-0.2, -0.15) is 16.4 Å². The molecule has 1 N–H and O–H groups in total. The number of benzene rings is 1. The molecular formula is C19H18ClN3O2S. The second-order valence-electron chi connectivity index (χ2n) is 6.41. The lowest BCUT2D eigenvalue weighted by Crippen LogP contribution is -2.34. The summed E-state index contributed by atoms with van der Waals surface area (Å²) in [7, 11) is 1.82. The molecule has 0 spiro atoms. The summed E-state index contributed by atoms with van der Waals surface area (Å²) >= 11 is 8.07. The van der Waals surface area contributed by atoms with E-state index in [0.29, 0.717) is 23.7 Å². The second kappa shape index (κ2) is 6.78. The van der Waals surface area contributed by atoms with E-state index in [1.165, 1.54) is 0 Å². The molecule has 3 aromatic rings. The first-order valence-electron chi connectivity index (χ1n) is 8.32. The number of rotatable bonds is 4. The minimum Gasteiger partial charge on any atom is -0.486 e. The van der Waals surface area contributed by atoms with E-state index in [1.54, 1.807) is 22.1 Å². The van der Waals surface area contributed by atoms with E-state index >= 15 is 0 Å². The van der Waals surface area contributed by atoms with Gasteiger partial charge in [0.25, 0.3) is 5.91 Å². The second-order valence-corrected chi connectivity index (χ2v) is 7.59. The predicted octanol–water partition coefficient (Wildman–Crippen LogP) is 3.84. The van der Waals surface area contributed by atoms with Crippen LogP contribution in [0.4, 0.5) is 0 Å². The number of hydrogen-bond acceptors (Lipinski definition) is 4. The summed E-state index contributed by atoms with van der Waals surface area (Å²) in [5.41, 5.74) is 4.67. The zero-order chi connectivity index (χ0) is 18.3. The molecule has 1 aliphatic heterocycles. The molecule has 0 saturated carbocycles. The van der Waals surface area contributed by atoms with Crippen LogP contribution in [-0.4, -0.2) is 28.3 Å². The Hall–Kier alpha value is -2.31. The van der Waals surface area contributed by atoms with Crippen molar-refractivity contribution in [2.45, 2.75) is 19.4 Å². The number of thiophene rings is 1. The smallest absolute Gasteiger partial charge is 0.271 e. The minimum atomic E-state index is -0.196. The Morgan fingerprint density at radius 2 is 2.27 bits per heavy atom. The molecule has 3 heterocycles. The van der Waals surface area contributed by atoms with Crippen molar-refractivity contribution in [3.8, 4) is 16.9 Å². The molecule has 1 aliphatic rings. The van der Waals surface area contributed by atoms with E-state index in [2.05, 4.69) is 27.9 Å². The van der Waals surface area contributed by atoms with E-state index in [4.69, 9.17) is 16.3 Å². The van der Waals surface area contributed by atoms with Crippen LogP contribution >= 0.6 is 22.9 Å². The molecule has 7 heteroatoms. The normalized spacial score (nSPS) is 15.6. The van der Waals surface area contributed by atoms with Crippen LogP contribution in [0.2, 0.25) is 5.02 Å². The summed E-state index contributed by atoms with van der Waals surface area (Å²) in [5.74, 6) is 0.525. The van der Waals surface area contributed by atoms with Crippen molar-refractivity contribution < 1.29 is 9.53 Å². The van der Waals surface area contributed by atoms with Crippen LogP contribution in [0.15, 0.2) is 35.0 Å². The first-order valence-corrected chi connectivity index (χ1v) is 9.64. The number of aromatic nitrogens is 2. The number of nitrogens with zero attached hydrogens (tertiary/aromatic N) is 2. The lowest BCUT2D eigenvalue weighted by atomic mass is 10.0. The molecule has 0 saturated heterocycles. The Kier molecular flexibility index (Phi) is 4.46. The van der Waals surface area contributed by atoms with Crippen molar-refractivity contribution in [3.63, 3.8) is 0 Å². The maximum absolute atomic E-state index is 12.2. The SMILES string of the molecule is Cc1cc(C(=O)NC[C@@H]2Cc3cc(-c4ccsc4)cc(Cl)c3O2)nn1C. The highest BCUT2D eigenvalue weighted by atomic mass is 35.5. The van der Waals surface area contributed by atoms with Gasteiger partial charge in [0.15, 0.2) is 0 Å². The van der Waals surface area contributed by atoms with Gasteiger partial charge in [0.1, 0.15) is 17.5 Å². The van der Waals surface area contributed by atoms with Gasteiger partial charge in [-0.25, -0.2) is 0 Å². The summed E-state index contributed by atoms with van der Waals surface area (Å²) in [4.78, 5) is 12.2. The van der Waals surface area contributed by atoms with Crippen LogP contribution < -0.4 is 10.1 Å². The number of halogens is 1. The molecule has 134 valence electrons. The van der Waals surface area contributed by atoms with Crippen molar-refractivity contribution in [3.05, 3.63) is 57.0 Å². The number of carbonyl (C=O) groups excluding carboxylic acids is 1. The third-order valence-corrected chi connectivity index (χ3v) is 5.51. The Morgan fingerprint density at radius 1 is 1.42 bits per heavy atom. The minimum absolute atomic E-state index is 0.131. The molecule has 0 radical (unpaired) electrons. The van der Waals surface area contributed by atoms with Crippen molar-refractivity contribution >= 4 is 28.8 Å². The molecule has 0 unspecified atom stereocenters. The van der Waals surface area contributed by atoms with Crippen molar-refractivity contribution in [2.75, 3.05) is 6.54 Å². The van der Waals surface area contributed by atoms with Gasteiger partial charge in [-0.3, -0.25) is 9.48 Å². The standard InChI is InChI=1S/C19H18ClN3O2S/c1-11-5-17(22-23(11)2)19(24)21-9-15-7-14-6-13(12-3-4-26-10-12)8-16(20)18(14)25-15/h3-6,8,10,15H,7,9H2,1-2H3,(H,21,24)/t15-/m0/s1. The number of aryl methyl sites for hydroxylation is 2. The average molecular weight is 388 g/mol. The van der Waals surface area contributed by atoms with E-state index < -0.39 is 0 Å². The maximum Gasteiger partial charge on any atom is 0.271 e. The Balaban J connectivity index is 1.44. The fraction of sp³-hybridized carbons (Fsp3) is 0.263. The van der Waals surface area contributed by atoms with E-state index in [1.807, 2.05) is 25.4 Å². The summed E-state index contributed by atoms with van der Waals surface area (Å²) < 4.78 is 7.64. The van der Waals surface area contributed by atoms with Crippen molar-refractivity contribution in [1.29, 1.82) is 0 Å². The van der Waals surface area contributed by atoms with Crippen LogP contribution in [-0.2, 0) is 13.5 Å². The summed E-state index contributed by atoms with van der Waals surface area (Å²) in [6, 6.07) is 7.89. The number of carbonyl (C=O) groups is 1. The third kappa shape index (κ3) is 3.22. The number of hydrogen-bond donors (Lipinski definition) is 1. The number of amides is 1. The van der Waals surface area contributed by atoms with Crippen LogP contribution in [0, 0.1) is 6.92 Å². The van der Waals surface area contributed by atoms with Gasteiger partial charge in [0.05, 0.1) is 11.6 Å². The van der Waals surface area contributed by atoms with Gasteiger partial charge < -0.3 is 10.1 Å². The monoisotopic (exact) mass is 387 g/mol. The zero-order valence-electron chi connectivity index (χ0n) is 14.5. The van der Waals surface area contributed by atoms with E-state index in [-0.39, 0.29) is 12.0 Å². The first-order chi connectivity index (χ1) is 12.5. The van der Waals surface area contributed by atoms with Crippen LogP contribution in [0.5, 0.6) is 5.75 Å². The Labute approximate surface area is 160 Å². The van der Waals surface area contributed by atoms with Gasteiger partial charge >= 0.3 is 0 Å². The molecule has 1 atom stereocenters. The summed E-state index contributed by atoms with van der Waals surface area (Å²) in [5, 5.41) is 11.8. The predicted molar refractivity (Wildman–Crippen MR) is 103 cm³/mol. The third-order valence-electron chi connectivity index (χ3n) is 4.54.